The van der Waals surface area contributed by atoms with Gasteiger partial charge in [0.2, 0.25) is 0 Å². The predicted octanol–water partition coefficient (Wildman–Crippen LogP) is 3.10. The van der Waals surface area contributed by atoms with Crippen LogP contribution in [-0.2, 0) is 6.54 Å². The molecule has 0 atom stereocenters. The van der Waals surface area contributed by atoms with Crippen LogP contribution in [0.5, 0.6) is 5.75 Å². The van der Waals surface area contributed by atoms with Crippen LogP contribution in [0.15, 0.2) is 42.6 Å². The maximum absolute atomic E-state index is 5.49. The van der Waals surface area contributed by atoms with E-state index in [1.165, 1.54) is 11.3 Å². The minimum atomic E-state index is 0.952. The molecule has 24 heavy (non-hydrogen) atoms. The van der Waals surface area contributed by atoms with Gasteiger partial charge in [-0.15, -0.1) is 0 Å². The quantitative estimate of drug-likeness (QED) is 0.802. The van der Waals surface area contributed by atoms with Gasteiger partial charge in [0, 0.05) is 38.9 Å². The van der Waals surface area contributed by atoms with Crippen LogP contribution in [0.25, 0.3) is 10.9 Å². The van der Waals surface area contributed by atoms with E-state index in [-0.39, 0.29) is 0 Å². The molecule has 1 saturated heterocycles. The van der Waals surface area contributed by atoms with Gasteiger partial charge in [-0.2, -0.15) is 0 Å². The summed E-state index contributed by atoms with van der Waals surface area (Å²) in [6, 6.07) is 18.5. The monoisotopic (exact) mass is 319 g/mol. The zero-order valence-electron chi connectivity index (χ0n) is 13.9. The third-order valence-corrected chi connectivity index (χ3v) is 4.71. The van der Waals surface area contributed by atoms with Crippen LogP contribution in [0, 0.1) is 12.1 Å². The molecule has 4 nitrogen and oxygen atoms in total. The second-order valence-corrected chi connectivity index (χ2v) is 6.14. The summed E-state index contributed by atoms with van der Waals surface area (Å²) in [6.45, 7) is 5.06. The first-order valence-electron chi connectivity index (χ1n) is 8.34. The van der Waals surface area contributed by atoms with Gasteiger partial charge in [0.15, 0.2) is 0 Å². The Morgan fingerprint density at radius 3 is 2.79 bits per heavy atom. The zero-order chi connectivity index (χ0) is 16.4. The lowest BCUT2D eigenvalue weighted by atomic mass is 10.1. The number of hydrogen-bond donors (Lipinski definition) is 1. The molecule has 0 saturated carbocycles. The summed E-state index contributed by atoms with van der Waals surface area (Å²) >= 11 is 0. The lowest BCUT2D eigenvalue weighted by molar-refractivity contribution is 0.250. The van der Waals surface area contributed by atoms with Gasteiger partial charge < -0.3 is 14.6 Å². The molecule has 4 rings (SSSR count). The van der Waals surface area contributed by atoms with E-state index in [4.69, 9.17) is 4.74 Å². The third-order valence-electron chi connectivity index (χ3n) is 4.71. The number of H-pyrrole nitrogens is 1. The number of benzene rings is 1. The number of para-hydroxylation sites is 2. The Morgan fingerprint density at radius 1 is 1.12 bits per heavy atom. The summed E-state index contributed by atoms with van der Waals surface area (Å²) < 4.78 is 5.49. The van der Waals surface area contributed by atoms with E-state index in [1.54, 1.807) is 7.11 Å². The van der Waals surface area contributed by atoms with E-state index in [0.29, 0.717) is 0 Å². The lowest BCUT2D eigenvalue weighted by Crippen LogP contribution is -2.46. The highest BCUT2D eigenvalue weighted by molar-refractivity contribution is 5.81. The molecule has 1 aromatic heterocycles. The molecule has 1 aliphatic rings. The van der Waals surface area contributed by atoms with Gasteiger partial charge in [-0.1, -0.05) is 24.3 Å². The summed E-state index contributed by atoms with van der Waals surface area (Å²) in [6.07, 6.45) is 2.10. The molecule has 0 bridgehead atoms. The number of nitrogens with one attached hydrogen (secondary N) is 1. The van der Waals surface area contributed by atoms with Crippen molar-refractivity contribution in [2.45, 2.75) is 6.54 Å². The molecule has 1 aliphatic heterocycles. The molecule has 0 unspecified atom stereocenters. The molecule has 0 spiro atoms. The average Bonchev–Trinajstić information content (AvgIpc) is 3.05. The van der Waals surface area contributed by atoms with Crippen molar-refractivity contribution in [1.29, 1.82) is 0 Å². The first kappa shape index (κ1) is 14.9. The Morgan fingerprint density at radius 2 is 1.96 bits per heavy atom. The van der Waals surface area contributed by atoms with Crippen LogP contribution in [0.2, 0.25) is 0 Å². The number of hydrogen-bond acceptors (Lipinski definition) is 3. The molecule has 4 heteroatoms. The summed E-state index contributed by atoms with van der Waals surface area (Å²) in [5, 5.41) is 1.16. The van der Waals surface area contributed by atoms with Gasteiger partial charge in [-0.05, 0) is 29.8 Å². The van der Waals surface area contributed by atoms with Gasteiger partial charge in [0.25, 0.3) is 0 Å². The molecule has 0 radical (unpaired) electrons. The number of methoxy groups -OCH3 is 1. The SMILES string of the molecule is COc1ccccc1N1CCN(Cc2c[nH]c3ccc#cc23)CC1. The molecule has 122 valence electrons. The fourth-order valence-corrected chi connectivity index (χ4v) is 3.40. The number of aromatic amines is 1. The highest BCUT2D eigenvalue weighted by atomic mass is 16.5. The zero-order valence-corrected chi connectivity index (χ0v) is 13.9. The van der Waals surface area contributed by atoms with Crippen LogP contribution in [-0.4, -0.2) is 43.2 Å². The Bertz CT molecular complexity index is 818. The van der Waals surface area contributed by atoms with E-state index in [9.17, 15) is 0 Å². The number of ether oxygens (including phenoxy) is 1. The maximum atomic E-state index is 5.49. The molecule has 0 amide bonds. The molecule has 0 aliphatic carbocycles. The van der Waals surface area contributed by atoms with Crippen LogP contribution in [0.1, 0.15) is 5.56 Å². The van der Waals surface area contributed by atoms with E-state index < -0.39 is 0 Å². The Hall–Kier alpha value is -2.64. The Kier molecular flexibility index (Phi) is 4.02. The Labute approximate surface area is 142 Å². The van der Waals surface area contributed by atoms with Crippen molar-refractivity contribution in [2.75, 3.05) is 38.2 Å². The minimum Gasteiger partial charge on any atom is -0.495 e. The van der Waals surface area contributed by atoms with Gasteiger partial charge in [-0.3, -0.25) is 4.90 Å². The molecular weight excluding hydrogens is 298 g/mol. The van der Waals surface area contributed by atoms with E-state index in [1.807, 2.05) is 18.2 Å². The van der Waals surface area contributed by atoms with Crippen molar-refractivity contribution in [3.8, 4) is 5.75 Å². The van der Waals surface area contributed by atoms with Crippen molar-refractivity contribution in [1.82, 2.24) is 9.88 Å². The van der Waals surface area contributed by atoms with Crippen LogP contribution in [0.4, 0.5) is 5.69 Å². The van der Waals surface area contributed by atoms with E-state index in [0.717, 1.165) is 49.4 Å². The first-order chi connectivity index (χ1) is 11.8. The molecule has 1 fully saturated rings. The summed E-state index contributed by atoms with van der Waals surface area (Å²) in [7, 11) is 1.74. The third kappa shape index (κ3) is 2.79. The molecule has 2 heterocycles. The second kappa shape index (κ2) is 6.46. The van der Waals surface area contributed by atoms with Gasteiger partial charge in [0.05, 0.1) is 23.7 Å². The van der Waals surface area contributed by atoms with Gasteiger partial charge in [0.1, 0.15) is 5.75 Å². The van der Waals surface area contributed by atoms with E-state index >= 15 is 0 Å². The summed E-state index contributed by atoms with van der Waals surface area (Å²) in [5.74, 6) is 0.952. The molecule has 3 aromatic rings. The number of piperazine rings is 1. The van der Waals surface area contributed by atoms with Crippen molar-refractivity contribution in [2.24, 2.45) is 0 Å². The highest BCUT2D eigenvalue weighted by Crippen LogP contribution is 2.28. The fourth-order valence-electron chi connectivity index (χ4n) is 3.40. The molecular formula is C20H21N3O. The van der Waals surface area contributed by atoms with Crippen molar-refractivity contribution in [3.63, 3.8) is 0 Å². The topological polar surface area (TPSA) is 31.5 Å². The smallest absolute Gasteiger partial charge is 0.142 e. The number of anilines is 1. The number of rotatable bonds is 4. The minimum absolute atomic E-state index is 0.952. The summed E-state index contributed by atoms with van der Waals surface area (Å²) in [4.78, 5) is 8.23. The van der Waals surface area contributed by atoms with Crippen LogP contribution < -0.4 is 9.64 Å². The predicted molar refractivity (Wildman–Crippen MR) is 96.5 cm³/mol. The van der Waals surface area contributed by atoms with Crippen LogP contribution in [0.3, 0.4) is 0 Å². The number of nitrogens with zero attached hydrogens (tertiary/aromatic N) is 2. The molecule has 2 aromatic carbocycles. The largest absolute Gasteiger partial charge is 0.495 e. The summed E-state index contributed by atoms with van der Waals surface area (Å²) in [5.41, 5.74) is 3.62. The van der Waals surface area contributed by atoms with Crippen LogP contribution >= 0.6 is 0 Å². The van der Waals surface area contributed by atoms with E-state index in [2.05, 4.69) is 51.3 Å². The maximum Gasteiger partial charge on any atom is 0.142 e. The second-order valence-electron chi connectivity index (χ2n) is 6.14. The average molecular weight is 319 g/mol. The van der Waals surface area contributed by atoms with Gasteiger partial charge in [-0.25, -0.2) is 0 Å². The highest BCUT2D eigenvalue weighted by Gasteiger charge is 2.20. The van der Waals surface area contributed by atoms with Crippen molar-refractivity contribution < 1.29 is 4.74 Å². The number of aromatic nitrogens is 1. The Balaban J connectivity index is 1.43. The van der Waals surface area contributed by atoms with Crippen molar-refractivity contribution in [3.05, 3.63) is 60.3 Å². The molecule has 1 N–H and O–H groups in total. The standard InChI is InChI=1S/C20H21N3O/c1-24-20-9-5-4-8-19(20)23-12-10-22(11-13-23)15-16-14-21-18-7-3-2-6-17(16)18/h3-5,7-9,14,21H,10-13,15H2,1H3. The first-order valence-corrected chi connectivity index (χ1v) is 8.34. The fraction of sp³-hybridized carbons (Fsp3) is 0.300. The normalized spacial score (nSPS) is 15.5. The van der Waals surface area contributed by atoms with Gasteiger partial charge >= 0.3 is 0 Å². The number of fused-ring (bicyclic) bond motifs is 1. The van der Waals surface area contributed by atoms with Crippen molar-refractivity contribution >= 4 is 16.6 Å². The lowest BCUT2D eigenvalue weighted by Gasteiger charge is -2.36.